The van der Waals surface area contributed by atoms with Gasteiger partial charge in [0.15, 0.2) is 15.0 Å². The lowest BCUT2D eigenvalue weighted by Crippen LogP contribution is -2.38. The predicted molar refractivity (Wildman–Crippen MR) is 90.9 cm³/mol. The fourth-order valence-corrected chi connectivity index (χ4v) is 7.01. The van der Waals surface area contributed by atoms with Gasteiger partial charge in [-0.3, -0.25) is 4.79 Å². The van der Waals surface area contributed by atoms with Gasteiger partial charge in [0.05, 0.1) is 33.8 Å². The summed E-state index contributed by atoms with van der Waals surface area (Å²) >= 11 is 7.15. The molecule has 2 fully saturated rings. The van der Waals surface area contributed by atoms with E-state index < -0.39 is 38.8 Å². The number of rotatable bonds is 1. The van der Waals surface area contributed by atoms with Crippen molar-refractivity contribution in [3.63, 3.8) is 0 Å². The molecule has 0 spiro atoms. The Hall–Kier alpha value is -1.26. The van der Waals surface area contributed by atoms with Crippen molar-refractivity contribution in [2.45, 2.75) is 24.4 Å². The Kier molecular flexibility index (Phi) is 4.57. The Labute approximate surface area is 151 Å². The topological polar surface area (TPSA) is 66.8 Å². The number of hydrogen-bond acceptors (Lipinski definition) is 4. The van der Waals surface area contributed by atoms with Crippen LogP contribution >= 0.6 is 23.4 Å². The fraction of sp³-hybridized carbons (Fsp3) is 0.429. The van der Waals surface area contributed by atoms with Crippen molar-refractivity contribution in [3.05, 3.63) is 28.8 Å². The summed E-state index contributed by atoms with van der Waals surface area (Å²) in [6.07, 6.45) is -4.58. The molecule has 136 valence electrons. The molecule has 1 amide bonds. The van der Waals surface area contributed by atoms with Gasteiger partial charge in [0, 0.05) is 12.2 Å². The van der Waals surface area contributed by atoms with Gasteiger partial charge < -0.3 is 4.90 Å². The maximum absolute atomic E-state index is 13.0. The van der Waals surface area contributed by atoms with Gasteiger partial charge in [-0.15, -0.1) is 0 Å². The van der Waals surface area contributed by atoms with Crippen LogP contribution < -0.4 is 4.90 Å². The highest BCUT2D eigenvalue weighted by atomic mass is 35.5. The first kappa shape index (κ1) is 18.5. The van der Waals surface area contributed by atoms with Gasteiger partial charge in [0.25, 0.3) is 0 Å². The molecule has 2 heterocycles. The second-order valence-electron chi connectivity index (χ2n) is 5.75. The van der Waals surface area contributed by atoms with Crippen molar-refractivity contribution in [3.8, 4) is 0 Å². The summed E-state index contributed by atoms with van der Waals surface area (Å²) < 4.78 is 62.9. The minimum absolute atomic E-state index is 0.00593. The average molecular weight is 413 g/mol. The number of alkyl halides is 3. The van der Waals surface area contributed by atoms with Crippen LogP contribution in [0.2, 0.25) is 5.02 Å². The molecule has 0 unspecified atom stereocenters. The molecule has 1 aromatic rings. The van der Waals surface area contributed by atoms with Crippen LogP contribution in [0.5, 0.6) is 0 Å². The van der Waals surface area contributed by atoms with E-state index in [9.17, 15) is 26.4 Å². The van der Waals surface area contributed by atoms with E-state index in [-0.39, 0.29) is 27.4 Å². The molecule has 0 bridgehead atoms. The molecule has 0 radical (unpaired) electrons. The van der Waals surface area contributed by atoms with Gasteiger partial charge in [-0.2, -0.15) is 18.2 Å². The predicted octanol–water partition coefficient (Wildman–Crippen LogP) is 2.98. The summed E-state index contributed by atoms with van der Waals surface area (Å²) in [5.74, 6) is -0.876. The number of carbonyl (C=O) groups excluding carboxylic acids is 1. The van der Waals surface area contributed by atoms with Crippen LogP contribution in [0.15, 0.2) is 23.2 Å². The van der Waals surface area contributed by atoms with Crippen LogP contribution in [-0.4, -0.2) is 42.3 Å². The quantitative estimate of drug-likeness (QED) is 0.709. The summed E-state index contributed by atoms with van der Waals surface area (Å²) in [6, 6.07) is 2.19. The van der Waals surface area contributed by atoms with Gasteiger partial charge in [-0.05, 0) is 18.2 Å². The molecule has 0 aliphatic carbocycles. The van der Waals surface area contributed by atoms with E-state index in [2.05, 4.69) is 4.99 Å². The zero-order valence-corrected chi connectivity index (χ0v) is 15.1. The van der Waals surface area contributed by atoms with Crippen LogP contribution in [0.4, 0.5) is 18.9 Å². The molecule has 1 aromatic carbocycles. The summed E-state index contributed by atoms with van der Waals surface area (Å²) in [7, 11) is -3.32. The monoisotopic (exact) mass is 412 g/mol. The summed E-state index contributed by atoms with van der Waals surface area (Å²) in [4.78, 5) is 16.6. The summed E-state index contributed by atoms with van der Waals surface area (Å²) in [5.41, 5.74) is -0.919. The lowest BCUT2D eigenvalue weighted by Gasteiger charge is -2.26. The van der Waals surface area contributed by atoms with Crippen LogP contribution in [0.3, 0.4) is 0 Å². The molecule has 5 nitrogen and oxygen atoms in total. The molecular formula is C14H12ClF3N2O3S2. The summed E-state index contributed by atoms with van der Waals surface area (Å²) in [6.45, 7) is 1.21. The van der Waals surface area contributed by atoms with Crippen LogP contribution in [-0.2, 0) is 20.8 Å². The molecule has 0 aromatic heterocycles. The molecule has 11 heteroatoms. The van der Waals surface area contributed by atoms with Crippen molar-refractivity contribution in [1.29, 1.82) is 0 Å². The lowest BCUT2D eigenvalue weighted by molar-refractivity contribution is -0.137. The molecule has 3 rings (SSSR count). The van der Waals surface area contributed by atoms with Crippen LogP contribution in [0, 0.1) is 0 Å². The average Bonchev–Trinajstić information content (AvgIpc) is 2.89. The second-order valence-corrected chi connectivity index (χ2v) is 9.52. The number of nitrogens with zero attached hydrogens (tertiary/aromatic N) is 2. The molecule has 25 heavy (non-hydrogen) atoms. The Morgan fingerprint density at radius 2 is 2.04 bits per heavy atom. The standard InChI is InChI=1S/C14H12ClF3N2O3S2/c1-7(21)19-13-20(11-5-25(22,23)6-12(11)24-13)10-4-8(14(16,17)18)2-3-9(10)15/h2-4,11-12H,5-6H2,1H3/t11-,12+/m1/s1. The zero-order chi connectivity index (χ0) is 18.6. The van der Waals surface area contributed by atoms with Crippen molar-refractivity contribution in [1.82, 2.24) is 0 Å². The highest BCUT2D eigenvalue weighted by Gasteiger charge is 2.50. The first-order chi connectivity index (χ1) is 11.5. The SMILES string of the molecule is CC(=O)N=C1S[C@H]2CS(=O)(=O)C[C@H]2N1c1cc(C(F)(F)F)ccc1Cl. The number of hydrogen-bond donors (Lipinski definition) is 0. The number of amides is 1. The Balaban J connectivity index is 2.12. The number of halogens is 4. The molecule has 2 atom stereocenters. The largest absolute Gasteiger partial charge is 0.416 e. The van der Waals surface area contributed by atoms with Gasteiger partial charge >= 0.3 is 6.18 Å². The third kappa shape index (κ3) is 3.65. The minimum Gasteiger partial charge on any atom is -0.314 e. The molecular weight excluding hydrogens is 401 g/mol. The molecule has 2 aliphatic heterocycles. The first-order valence-corrected chi connectivity index (χ1v) is 10.2. The van der Waals surface area contributed by atoms with Crippen molar-refractivity contribution < 1.29 is 26.4 Å². The molecule has 0 N–H and O–H groups in total. The number of fused-ring (bicyclic) bond motifs is 1. The number of thioether (sulfide) groups is 1. The van der Waals surface area contributed by atoms with E-state index in [4.69, 9.17) is 11.6 Å². The third-order valence-corrected chi connectivity index (χ3v) is 7.38. The summed E-state index contributed by atoms with van der Waals surface area (Å²) in [5, 5.41) is -0.220. The number of carbonyl (C=O) groups is 1. The highest BCUT2D eigenvalue weighted by molar-refractivity contribution is 8.16. The molecule has 2 saturated heterocycles. The normalized spacial score (nSPS) is 26.9. The fourth-order valence-electron chi connectivity index (χ4n) is 2.85. The van der Waals surface area contributed by atoms with Crippen molar-refractivity contribution >= 4 is 50.0 Å². The van der Waals surface area contributed by atoms with Crippen molar-refractivity contribution in [2.75, 3.05) is 16.4 Å². The van der Waals surface area contributed by atoms with Crippen LogP contribution in [0.1, 0.15) is 12.5 Å². The maximum atomic E-state index is 13.0. The number of benzene rings is 1. The van der Waals surface area contributed by atoms with Gasteiger partial charge in [0.1, 0.15) is 0 Å². The number of amidine groups is 1. The first-order valence-electron chi connectivity index (χ1n) is 7.10. The van der Waals surface area contributed by atoms with E-state index in [1.54, 1.807) is 0 Å². The second kappa shape index (κ2) is 6.17. The van der Waals surface area contributed by atoms with Crippen LogP contribution in [0.25, 0.3) is 0 Å². The Morgan fingerprint density at radius 1 is 1.36 bits per heavy atom. The Bertz CT molecular complexity index is 871. The van der Waals surface area contributed by atoms with E-state index in [1.807, 2.05) is 0 Å². The van der Waals surface area contributed by atoms with Gasteiger partial charge in [-0.1, -0.05) is 23.4 Å². The molecule has 2 aliphatic rings. The highest BCUT2D eigenvalue weighted by Crippen LogP contribution is 2.44. The van der Waals surface area contributed by atoms with E-state index in [1.165, 1.54) is 11.8 Å². The number of aliphatic imine (C=N–C) groups is 1. The maximum Gasteiger partial charge on any atom is 0.416 e. The lowest BCUT2D eigenvalue weighted by atomic mass is 10.1. The molecule has 0 saturated carbocycles. The third-order valence-electron chi connectivity index (χ3n) is 3.85. The van der Waals surface area contributed by atoms with E-state index in [0.29, 0.717) is 0 Å². The van der Waals surface area contributed by atoms with E-state index >= 15 is 0 Å². The van der Waals surface area contributed by atoms with E-state index in [0.717, 1.165) is 30.0 Å². The zero-order valence-electron chi connectivity index (χ0n) is 12.7. The van der Waals surface area contributed by atoms with Crippen molar-refractivity contribution in [2.24, 2.45) is 4.99 Å². The smallest absolute Gasteiger partial charge is 0.314 e. The Morgan fingerprint density at radius 3 is 2.64 bits per heavy atom. The minimum atomic E-state index is -4.58. The van der Waals surface area contributed by atoms with Gasteiger partial charge in [0.2, 0.25) is 5.91 Å². The van der Waals surface area contributed by atoms with Gasteiger partial charge in [-0.25, -0.2) is 8.42 Å². The number of sulfone groups is 1. The number of anilines is 1.